The zero-order valence-corrected chi connectivity index (χ0v) is 41.7. The molecule has 1 atom stereocenters. The number of aromatic nitrogens is 1. The van der Waals surface area contributed by atoms with Gasteiger partial charge in [-0.05, 0) is 156 Å². The van der Waals surface area contributed by atoms with Gasteiger partial charge in [-0.25, -0.2) is 0 Å². The molecule has 4 aliphatic rings. The number of hydrogen-bond donors (Lipinski definition) is 0. The molecule has 0 saturated heterocycles. The average molecular weight is 977 g/mol. The lowest BCUT2D eigenvalue weighted by Gasteiger charge is -2.40. The smallest absolute Gasteiger partial charge is 0.135 e. The van der Waals surface area contributed by atoms with Gasteiger partial charge in [-0.3, -0.25) is 0 Å². The van der Waals surface area contributed by atoms with Gasteiger partial charge >= 0.3 is 0 Å². The zero-order valence-electron chi connectivity index (χ0n) is 41.7. The molecule has 3 nitrogen and oxygen atoms in total. The average Bonchev–Trinajstić information content (AvgIpc) is 4.43. The molecule has 0 radical (unpaired) electrons. The van der Waals surface area contributed by atoms with E-state index in [0.717, 1.165) is 50.1 Å². The van der Waals surface area contributed by atoms with Crippen molar-refractivity contribution >= 4 is 60.8 Å². The molecule has 0 N–H and O–H groups in total. The van der Waals surface area contributed by atoms with E-state index in [1.807, 2.05) is 6.07 Å². The minimum absolute atomic E-state index is 0.493. The monoisotopic (exact) mass is 976 g/mol. The van der Waals surface area contributed by atoms with E-state index >= 15 is 0 Å². The van der Waals surface area contributed by atoms with Crippen LogP contribution in [0.3, 0.4) is 0 Å². The van der Waals surface area contributed by atoms with Gasteiger partial charge in [0.1, 0.15) is 11.2 Å². The number of benzene rings is 12. The highest BCUT2D eigenvalue weighted by Crippen LogP contribution is 2.65. The van der Waals surface area contributed by atoms with E-state index in [0.29, 0.717) is 0 Å². The molecule has 1 unspecified atom stereocenters. The molecule has 356 valence electrons. The fourth-order valence-corrected chi connectivity index (χ4v) is 15.1. The minimum atomic E-state index is -0.602. The van der Waals surface area contributed by atoms with Gasteiger partial charge in [0, 0.05) is 38.6 Å². The van der Waals surface area contributed by atoms with E-state index in [1.54, 1.807) is 0 Å². The number of fused-ring (bicyclic) bond motifs is 25. The van der Waals surface area contributed by atoms with Crippen molar-refractivity contribution < 1.29 is 4.42 Å². The van der Waals surface area contributed by atoms with Crippen LogP contribution in [0.5, 0.6) is 0 Å². The number of rotatable bonds is 4. The quantitative estimate of drug-likeness (QED) is 0.175. The second-order valence-electron chi connectivity index (χ2n) is 21.4. The lowest BCUT2D eigenvalue weighted by molar-refractivity contribution is 0.669. The summed E-state index contributed by atoms with van der Waals surface area (Å²) in [4.78, 5) is 2.52. The van der Waals surface area contributed by atoms with Crippen LogP contribution in [-0.2, 0) is 10.8 Å². The van der Waals surface area contributed by atoms with E-state index in [9.17, 15) is 0 Å². The highest BCUT2D eigenvalue weighted by atomic mass is 16.3. The Bertz CT molecular complexity index is 4830. The van der Waals surface area contributed by atoms with E-state index < -0.39 is 10.8 Å². The molecule has 0 fully saturated rings. The van der Waals surface area contributed by atoms with Crippen molar-refractivity contribution in [3.63, 3.8) is 0 Å². The molecule has 18 rings (SSSR count). The first-order valence-corrected chi connectivity index (χ1v) is 26.8. The van der Waals surface area contributed by atoms with Crippen molar-refractivity contribution in [1.29, 1.82) is 0 Å². The Morgan fingerprint density at radius 2 is 0.740 bits per heavy atom. The molecule has 1 aliphatic heterocycles. The standard InChI is InChI=1S/C74H44N2O/c1-7-23-60-50(16-1)51-17-2-8-24-61(51)73(60)62-25-9-3-18-52(62)54-39-37-48(43-66(54)73)75(47-35-32-45(33-36-47)46-34-41-71-59(42-46)57-21-6-14-31-70(57)77-71)49-38-40-55-53-19-4-10-26-63(53)74(67(55)44-49)64-27-11-13-30-69(64)76-68-29-12-5-20-56(68)58-22-15-28-65(74)72(58)76/h1-44H. The summed E-state index contributed by atoms with van der Waals surface area (Å²) >= 11 is 0. The molecule has 3 aliphatic carbocycles. The van der Waals surface area contributed by atoms with Crippen molar-refractivity contribution in [3.05, 3.63) is 311 Å². The highest BCUT2D eigenvalue weighted by Gasteiger charge is 2.53. The van der Waals surface area contributed by atoms with Crippen molar-refractivity contribution in [2.75, 3.05) is 4.90 Å². The van der Waals surface area contributed by atoms with Gasteiger partial charge < -0.3 is 13.9 Å². The first-order chi connectivity index (χ1) is 38.2. The Morgan fingerprint density at radius 1 is 0.286 bits per heavy atom. The van der Waals surface area contributed by atoms with Crippen LogP contribution < -0.4 is 4.90 Å². The summed E-state index contributed by atoms with van der Waals surface area (Å²) in [5, 5.41) is 4.80. The van der Waals surface area contributed by atoms with Gasteiger partial charge in [-0.1, -0.05) is 200 Å². The number of hydrogen-bond acceptors (Lipinski definition) is 2. The van der Waals surface area contributed by atoms with E-state index in [-0.39, 0.29) is 0 Å². The molecular formula is C74H44N2O. The number of nitrogens with zero attached hydrogens (tertiary/aromatic N) is 2. The van der Waals surface area contributed by atoms with Gasteiger partial charge in [0.15, 0.2) is 0 Å². The van der Waals surface area contributed by atoms with Crippen LogP contribution in [0.2, 0.25) is 0 Å². The van der Waals surface area contributed by atoms with Crippen LogP contribution in [0, 0.1) is 0 Å². The maximum Gasteiger partial charge on any atom is 0.135 e. The first kappa shape index (κ1) is 41.4. The molecule has 14 aromatic rings. The van der Waals surface area contributed by atoms with E-state index in [1.165, 1.54) is 105 Å². The highest BCUT2D eigenvalue weighted by molar-refractivity contribution is 6.13. The molecule has 2 spiro atoms. The molecule has 2 aromatic heterocycles. The Balaban J connectivity index is 0.895. The van der Waals surface area contributed by atoms with Gasteiger partial charge in [0.05, 0.1) is 27.6 Å². The Labute approximate surface area is 444 Å². The summed E-state index contributed by atoms with van der Waals surface area (Å²) in [6, 6.07) is 100. The first-order valence-electron chi connectivity index (χ1n) is 26.8. The molecule has 12 aromatic carbocycles. The molecule has 0 saturated carbocycles. The summed E-state index contributed by atoms with van der Waals surface area (Å²) in [5.41, 5.74) is 28.3. The maximum absolute atomic E-state index is 6.27. The van der Waals surface area contributed by atoms with Crippen LogP contribution in [-0.4, -0.2) is 4.57 Å². The fraction of sp³-hybridized carbons (Fsp3) is 0.0270. The lowest BCUT2D eigenvalue weighted by atomic mass is 9.65. The lowest BCUT2D eigenvalue weighted by Crippen LogP contribution is -2.33. The molecule has 3 heterocycles. The summed E-state index contributed by atoms with van der Waals surface area (Å²) in [6.45, 7) is 0. The minimum Gasteiger partial charge on any atom is -0.456 e. The Morgan fingerprint density at radius 3 is 1.38 bits per heavy atom. The summed E-state index contributed by atoms with van der Waals surface area (Å²) < 4.78 is 8.80. The van der Waals surface area contributed by atoms with Crippen LogP contribution >= 0.6 is 0 Å². The van der Waals surface area contributed by atoms with Crippen molar-refractivity contribution in [3.8, 4) is 50.2 Å². The zero-order chi connectivity index (χ0) is 50.1. The summed E-state index contributed by atoms with van der Waals surface area (Å²) in [7, 11) is 0. The maximum atomic E-state index is 6.27. The second kappa shape index (κ2) is 14.9. The van der Waals surface area contributed by atoms with Crippen molar-refractivity contribution in [2.45, 2.75) is 10.8 Å². The number of furan rings is 1. The Hall–Kier alpha value is -9.96. The molecule has 0 bridgehead atoms. The molecule has 0 amide bonds. The van der Waals surface area contributed by atoms with Crippen molar-refractivity contribution in [1.82, 2.24) is 4.57 Å². The van der Waals surface area contributed by atoms with Crippen LogP contribution in [0.25, 0.3) is 93.9 Å². The van der Waals surface area contributed by atoms with Gasteiger partial charge in [0.2, 0.25) is 0 Å². The molecule has 3 heteroatoms. The summed E-state index contributed by atoms with van der Waals surface area (Å²) in [5.74, 6) is 0. The molecule has 77 heavy (non-hydrogen) atoms. The summed E-state index contributed by atoms with van der Waals surface area (Å²) in [6.07, 6.45) is 0. The van der Waals surface area contributed by atoms with Crippen LogP contribution in [0.1, 0.15) is 44.5 Å². The van der Waals surface area contributed by atoms with Crippen LogP contribution in [0.4, 0.5) is 17.1 Å². The fourth-order valence-electron chi connectivity index (χ4n) is 15.1. The van der Waals surface area contributed by atoms with Crippen molar-refractivity contribution in [2.24, 2.45) is 0 Å². The number of anilines is 3. The molecular weight excluding hydrogens is 933 g/mol. The predicted octanol–water partition coefficient (Wildman–Crippen LogP) is 18.8. The van der Waals surface area contributed by atoms with Crippen LogP contribution in [0.15, 0.2) is 271 Å². The largest absolute Gasteiger partial charge is 0.456 e. The van der Waals surface area contributed by atoms with Gasteiger partial charge in [-0.2, -0.15) is 0 Å². The van der Waals surface area contributed by atoms with E-state index in [4.69, 9.17) is 4.42 Å². The number of para-hydroxylation sites is 4. The van der Waals surface area contributed by atoms with Gasteiger partial charge in [0.25, 0.3) is 0 Å². The second-order valence-corrected chi connectivity index (χ2v) is 21.4. The third kappa shape index (κ3) is 5.12. The van der Waals surface area contributed by atoms with E-state index in [2.05, 4.69) is 270 Å². The normalized spacial score (nSPS) is 15.4. The Kier molecular flexibility index (Phi) is 8.00. The SMILES string of the molecule is c1ccc2c(c1)-c1ccccc1C21c2ccccc2-c2ccc(N(c3ccc(-c4ccc5oc6ccccc6c5c4)cc3)c3ccc4c(c3)C3(c5ccccc5-4)c4ccccc4-n4c5ccccc5c5cccc3c54)cc21. The third-order valence-electron chi connectivity index (χ3n) is 18.0. The predicted molar refractivity (Wildman–Crippen MR) is 315 cm³/mol. The third-order valence-corrected chi connectivity index (χ3v) is 18.0. The topological polar surface area (TPSA) is 21.3 Å². The van der Waals surface area contributed by atoms with Gasteiger partial charge in [-0.15, -0.1) is 0 Å².